The van der Waals surface area contributed by atoms with Crippen LogP contribution in [0.1, 0.15) is 11.3 Å². The molecule has 4 rings (SSSR count). The number of halogens is 3. The van der Waals surface area contributed by atoms with E-state index in [0.29, 0.717) is 22.7 Å². The molecule has 0 saturated heterocycles. The van der Waals surface area contributed by atoms with Gasteiger partial charge in [0.25, 0.3) is 11.2 Å². The first-order chi connectivity index (χ1) is 15.7. The number of amides is 1. The van der Waals surface area contributed by atoms with Gasteiger partial charge in [-0.3, -0.25) is 9.69 Å². The third-order valence-corrected chi connectivity index (χ3v) is 5.61. The molecule has 12 heteroatoms. The van der Waals surface area contributed by atoms with Crippen LogP contribution in [-0.2, 0) is 6.42 Å². The van der Waals surface area contributed by atoms with Gasteiger partial charge in [0.2, 0.25) is 0 Å². The molecule has 0 spiro atoms. The van der Waals surface area contributed by atoms with Gasteiger partial charge in [-0.1, -0.05) is 30.0 Å². The molecule has 0 atom stereocenters. The first-order valence-electron chi connectivity index (χ1n) is 9.56. The molecule has 170 valence electrons. The number of carbonyl (C=O) groups excluding carboxylic acids is 1. The lowest BCUT2D eigenvalue weighted by atomic mass is 10.1. The van der Waals surface area contributed by atoms with Crippen molar-refractivity contribution < 1.29 is 18.0 Å². The van der Waals surface area contributed by atoms with E-state index in [1.807, 2.05) is 0 Å². The van der Waals surface area contributed by atoms with Gasteiger partial charge in [-0.2, -0.15) is 19.7 Å². The van der Waals surface area contributed by atoms with Gasteiger partial charge in [0.1, 0.15) is 11.5 Å². The number of hydrogen-bond donors (Lipinski definition) is 2. The van der Waals surface area contributed by atoms with Crippen LogP contribution in [0.15, 0.2) is 36.4 Å². The second kappa shape index (κ2) is 8.62. The number of benzene rings is 2. The van der Waals surface area contributed by atoms with Gasteiger partial charge >= 0.3 is 0 Å². The Labute approximate surface area is 190 Å². The van der Waals surface area contributed by atoms with Gasteiger partial charge in [-0.25, -0.2) is 13.2 Å². The number of fused-ring (bicyclic) bond motifs is 1. The van der Waals surface area contributed by atoms with Gasteiger partial charge in [0.05, 0.1) is 11.2 Å². The van der Waals surface area contributed by atoms with Crippen molar-refractivity contribution in [1.82, 2.24) is 19.7 Å². The van der Waals surface area contributed by atoms with Crippen molar-refractivity contribution >= 4 is 45.2 Å². The number of nitrogens with zero attached hydrogens (tertiary/aromatic N) is 5. The summed E-state index contributed by atoms with van der Waals surface area (Å²) in [5.74, 6) is -3.38. The fourth-order valence-corrected chi connectivity index (χ4v) is 3.84. The molecule has 8 nitrogen and oxygen atoms in total. The fraction of sp³-hybridized carbons (Fsp3) is 0.143. The van der Waals surface area contributed by atoms with Crippen molar-refractivity contribution in [3.05, 3.63) is 65.1 Å². The number of rotatable bonds is 4. The number of nitrogens with two attached hydrogens (primary N) is 2. The second-order valence-electron chi connectivity index (χ2n) is 7.08. The maximum atomic E-state index is 14.2. The number of thioether (sulfide) groups is 1. The first kappa shape index (κ1) is 22.4. The van der Waals surface area contributed by atoms with E-state index < -0.39 is 17.5 Å². The number of aromatic nitrogens is 4. The minimum Gasteiger partial charge on any atom is -0.382 e. The number of carbonyl (C=O) groups is 1. The molecule has 2 aromatic carbocycles. The number of para-hydroxylation sites is 1. The minimum atomic E-state index is -1.28. The topological polar surface area (TPSA) is 116 Å². The molecule has 4 aromatic rings. The zero-order valence-electron chi connectivity index (χ0n) is 17.5. The summed E-state index contributed by atoms with van der Waals surface area (Å²) >= 11 is 0.974. The Bertz CT molecular complexity index is 1370. The van der Waals surface area contributed by atoms with E-state index in [9.17, 15) is 18.0 Å². The minimum absolute atomic E-state index is 0.0205. The molecule has 33 heavy (non-hydrogen) atoms. The summed E-state index contributed by atoms with van der Waals surface area (Å²) < 4.78 is 42.9. The van der Waals surface area contributed by atoms with Gasteiger partial charge < -0.3 is 11.5 Å². The molecule has 0 aliphatic heterocycles. The maximum absolute atomic E-state index is 14.2. The number of anilines is 3. The van der Waals surface area contributed by atoms with E-state index in [1.54, 1.807) is 30.5 Å². The summed E-state index contributed by atoms with van der Waals surface area (Å²) in [7, 11) is 1.50. The van der Waals surface area contributed by atoms with Crippen molar-refractivity contribution in [3.63, 3.8) is 0 Å². The van der Waals surface area contributed by atoms with Crippen molar-refractivity contribution in [2.45, 2.75) is 6.42 Å². The van der Waals surface area contributed by atoms with Crippen molar-refractivity contribution in [3.8, 4) is 5.95 Å². The summed E-state index contributed by atoms with van der Waals surface area (Å²) in [5, 5.41) is 4.74. The monoisotopic (exact) mass is 473 g/mol. The lowest BCUT2D eigenvalue weighted by molar-refractivity contribution is 0.266. The molecule has 1 amide bonds. The molecular formula is C21H18F3N7OS. The highest BCUT2D eigenvalue weighted by Crippen LogP contribution is 2.31. The van der Waals surface area contributed by atoms with Crippen molar-refractivity contribution in [2.24, 2.45) is 0 Å². The van der Waals surface area contributed by atoms with Gasteiger partial charge in [0.15, 0.2) is 23.3 Å². The largest absolute Gasteiger partial charge is 0.382 e. The van der Waals surface area contributed by atoms with Crippen LogP contribution in [0.3, 0.4) is 0 Å². The molecule has 2 heterocycles. The van der Waals surface area contributed by atoms with E-state index in [0.717, 1.165) is 17.8 Å². The maximum Gasteiger partial charge on any atom is 0.285 e. The van der Waals surface area contributed by atoms with E-state index >= 15 is 0 Å². The summed E-state index contributed by atoms with van der Waals surface area (Å²) in [6, 6.07) is 8.35. The zero-order chi connectivity index (χ0) is 23.9. The van der Waals surface area contributed by atoms with Gasteiger partial charge in [0, 0.05) is 24.9 Å². The Hall–Kier alpha value is -3.80. The summed E-state index contributed by atoms with van der Waals surface area (Å²) in [6.07, 6.45) is 1.44. The summed E-state index contributed by atoms with van der Waals surface area (Å²) in [4.78, 5) is 21.8. The van der Waals surface area contributed by atoms with E-state index in [2.05, 4.69) is 15.1 Å². The predicted octanol–water partition coefficient (Wildman–Crippen LogP) is 3.91. The van der Waals surface area contributed by atoms with Crippen LogP contribution in [0, 0.1) is 17.5 Å². The SMILES string of the molecule is CSC(=O)N(C)c1c(N)nc(-n2nc(Cc3cc(F)cc(F)c3F)c3ccccc32)nc1N. The third-order valence-electron chi connectivity index (χ3n) is 4.99. The van der Waals surface area contributed by atoms with Crippen LogP contribution >= 0.6 is 11.8 Å². The van der Waals surface area contributed by atoms with Crippen LogP contribution < -0.4 is 16.4 Å². The molecule has 4 N–H and O–H groups in total. The van der Waals surface area contributed by atoms with E-state index in [1.165, 1.54) is 16.6 Å². The molecule has 0 aliphatic carbocycles. The normalized spacial score (nSPS) is 11.2. The van der Waals surface area contributed by atoms with Crippen LogP contribution in [0.4, 0.5) is 35.3 Å². The van der Waals surface area contributed by atoms with Crippen molar-refractivity contribution in [2.75, 3.05) is 29.7 Å². The molecule has 2 aromatic heterocycles. The van der Waals surface area contributed by atoms with E-state index in [4.69, 9.17) is 11.5 Å². The standard InChI is InChI=1S/C21H18F3N7OS/c1-30(21(32)33-2)17-18(25)27-20(28-19(17)26)31-15-6-4-3-5-12(15)14(29-31)8-10-7-11(22)9-13(23)16(10)24/h3-7,9H,8H2,1-2H3,(H4,25,26,27,28). The van der Waals surface area contributed by atoms with Crippen LogP contribution in [-0.4, -0.2) is 38.3 Å². The Kier molecular flexibility index (Phi) is 5.85. The van der Waals surface area contributed by atoms with E-state index in [-0.39, 0.29) is 40.5 Å². The molecule has 0 unspecified atom stereocenters. The summed E-state index contributed by atoms with van der Waals surface area (Å²) in [5.41, 5.74) is 13.0. The first-order valence-corrected chi connectivity index (χ1v) is 10.8. The summed E-state index contributed by atoms with van der Waals surface area (Å²) in [6.45, 7) is 0. The van der Waals surface area contributed by atoms with Gasteiger partial charge in [-0.05, 0) is 24.0 Å². The second-order valence-corrected chi connectivity index (χ2v) is 7.84. The molecule has 0 aliphatic rings. The highest BCUT2D eigenvalue weighted by Gasteiger charge is 2.22. The van der Waals surface area contributed by atoms with Crippen molar-refractivity contribution in [1.29, 1.82) is 0 Å². The average molecular weight is 473 g/mol. The van der Waals surface area contributed by atoms with Crippen LogP contribution in [0.2, 0.25) is 0 Å². The van der Waals surface area contributed by atoms with Gasteiger partial charge in [-0.15, -0.1) is 0 Å². The predicted molar refractivity (Wildman–Crippen MR) is 122 cm³/mol. The average Bonchev–Trinajstić information content (AvgIpc) is 3.14. The number of nitrogen functional groups attached to an aromatic ring is 2. The Morgan fingerprint density at radius 2 is 1.79 bits per heavy atom. The lowest BCUT2D eigenvalue weighted by Crippen LogP contribution is -2.25. The Morgan fingerprint density at radius 1 is 1.12 bits per heavy atom. The van der Waals surface area contributed by atoms with Crippen LogP contribution in [0.25, 0.3) is 16.9 Å². The zero-order valence-corrected chi connectivity index (χ0v) is 18.3. The smallest absolute Gasteiger partial charge is 0.285 e. The Balaban J connectivity index is 1.83. The molecule has 0 saturated carbocycles. The molecule has 0 fully saturated rings. The molecular weight excluding hydrogens is 455 g/mol. The Morgan fingerprint density at radius 3 is 2.45 bits per heavy atom. The quantitative estimate of drug-likeness (QED) is 0.432. The third kappa shape index (κ3) is 4.04. The lowest BCUT2D eigenvalue weighted by Gasteiger charge is -2.19. The fourth-order valence-electron chi connectivity index (χ4n) is 3.48. The molecule has 0 radical (unpaired) electrons. The highest BCUT2D eigenvalue weighted by atomic mass is 32.2. The molecule has 0 bridgehead atoms. The number of hydrogen-bond acceptors (Lipinski definition) is 7. The highest BCUT2D eigenvalue weighted by molar-refractivity contribution is 8.13. The van der Waals surface area contributed by atoms with Crippen LogP contribution in [0.5, 0.6) is 0 Å².